The van der Waals surface area contributed by atoms with Gasteiger partial charge in [0, 0.05) is 43.1 Å². The molecule has 2 aromatic carbocycles. The van der Waals surface area contributed by atoms with Gasteiger partial charge in [-0.15, -0.1) is 0 Å². The molecule has 2 aromatic rings. The summed E-state index contributed by atoms with van der Waals surface area (Å²) in [5, 5.41) is 13.4. The molecule has 132 valence electrons. The van der Waals surface area contributed by atoms with E-state index in [1.165, 1.54) is 25.1 Å². The lowest BCUT2D eigenvalue weighted by Crippen LogP contribution is -2.25. The lowest BCUT2D eigenvalue weighted by molar-refractivity contribution is -0.384. The minimum atomic E-state index is -0.474. The molecule has 0 fully saturated rings. The van der Waals surface area contributed by atoms with Gasteiger partial charge in [0.2, 0.25) is 11.8 Å². The number of rotatable bonds is 4. The zero-order valence-corrected chi connectivity index (χ0v) is 14.1. The molecule has 7 nitrogen and oxygen atoms in total. The SMILES string of the molecule is CC(=O)N1CCc2ccc(NC(=O)/C=C/c3ccc([N+](=O)[O-])cc3)cc21. The molecule has 0 radical (unpaired) electrons. The van der Waals surface area contributed by atoms with E-state index in [0.717, 1.165) is 17.7 Å². The molecule has 0 unspecified atom stereocenters. The van der Waals surface area contributed by atoms with Crippen LogP contribution in [0.1, 0.15) is 18.1 Å². The molecule has 7 heteroatoms. The molecule has 2 amide bonds. The summed E-state index contributed by atoms with van der Waals surface area (Å²) in [6.45, 7) is 2.18. The van der Waals surface area contributed by atoms with Crippen molar-refractivity contribution in [3.63, 3.8) is 0 Å². The number of carbonyl (C=O) groups excluding carboxylic acids is 2. The van der Waals surface area contributed by atoms with E-state index >= 15 is 0 Å². The lowest BCUT2D eigenvalue weighted by Gasteiger charge is -2.15. The van der Waals surface area contributed by atoms with E-state index in [0.29, 0.717) is 17.8 Å². The number of nitro groups is 1. The van der Waals surface area contributed by atoms with Gasteiger partial charge in [-0.25, -0.2) is 0 Å². The largest absolute Gasteiger partial charge is 0.322 e. The van der Waals surface area contributed by atoms with Gasteiger partial charge in [0.25, 0.3) is 5.69 Å². The average Bonchev–Trinajstić information content (AvgIpc) is 3.04. The minimum absolute atomic E-state index is 0.000215. The first kappa shape index (κ1) is 17.3. The number of nitrogens with one attached hydrogen (secondary N) is 1. The summed E-state index contributed by atoms with van der Waals surface area (Å²) < 4.78 is 0. The number of fused-ring (bicyclic) bond motifs is 1. The topological polar surface area (TPSA) is 92.6 Å². The number of amides is 2. The highest BCUT2D eigenvalue weighted by Crippen LogP contribution is 2.30. The third-order valence-electron chi connectivity index (χ3n) is 4.16. The Balaban J connectivity index is 1.68. The molecule has 1 aliphatic heterocycles. The predicted octanol–water partition coefficient (Wildman–Crippen LogP) is 3.16. The molecule has 0 saturated carbocycles. The van der Waals surface area contributed by atoms with E-state index in [9.17, 15) is 19.7 Å². The number of anilines is 2. The monoisotopic (exact) mass is 351 g/mol. The minimum Gasteiger partial charge on any atom is -0.322 e. The molecule has 1 heterocycles. The van der Waals surface area contributed by atoms with E-state index < -0.39 is 4.92 Å². The van der Waals surface area contributed by atoms with Crippen LogP contribution in [0.25, 0.3) is 6.08 Å². The molecule has 0 atom stereocenters. The number of nitrogens with zero attached hydrogens (tertiary/aromatic N) is 2. The van der Waals surface area contributed by atoms with Crippen LogP contribution in [0, 0.1) is 10.1 Å². The maximum Gasteiger partial charge on any atom is 0.269 e. The van der Waals surface area contributed by atoms with Crippen LogP contribution in [-0.2, 0) is 16.0 Å². The first-order valence-electron chi connectivity index (χ1n) is 8.08. The van der Waals surface area contributed by atoms with Gasteiger partial charge in [-0.2, -0.15) is 0 Å². The van der Waals surface area contributed by atoms with Crippen LogP contribution in [0.2, 0.25) is 0 Å². The quantitative estimate of drug-likeness (QED) is 0.520. The maximum atomic E-state index is 12.1. The van der Waals surface area contributed by atoms with Crippen molar-refractivity contribution in [3.05, 3.63) is 69.8 Å². The third-order valence-corrected chi connectivity index (χ3v) is 4.16. The van der Waals surface area contributed by atoms with E-state index in [1.54, 1.807) is 35.2 Å². The molecule has 1 aliphatic rings. The summed E-state index contributed by atoms with van der Waals surface area (Å²) in [5.41, 5.74) is 3.20. The Morgan fingerprint density at radius 1 is 1.19 bits per heavy atom. The highest BCUT2D eigenvalue weighted by atomic mass is 16.6. The van der Waals surface area contributed by atoms with Gasteiger partial charge < -0.3 is 10.2 Å². The van der Waals surface area contributed by atoms with Crippen LogP contribution in [-0.4, -0.2) is 23.3 Å². The standard InChI is InChI=1S/C19H17N3O4/c1-13(23)21-11-10-15-5-6-16(12-18(15)21)20-19(24)9-4-14-2-7-17(8-3-14)22(25)26/h2-9,12H,10-11H2,1H3,(H,20,24)/b9-4+. The van der Waals surface area contributed by atoms with E-state index in [2.05, 4.69) is 5.32 Å². The number of carbonyl (C=O) groups is 2. The van der Waals surface area contributed by atoms with Gasteiger partial charge in [0.1, 0.15) is 0 Å². The predicted molar refractivity (Wildman–Crippen MR) is 98.9 cm³/mol. The van der Waals surface area contributed by atoms with E-state index in [-0.39, 0.29) is 17.5 Å². The molecular formula is C19H17N3O4. The Kier molecular flexibility index (Phi) is 4.79. The second kappa shape index (κ2) is 7.18. The number of benzene rings is 2. The maximum absolute atomic E-state index is 12.1. The van der Waals surface area contributed by atoms with Crippen LogP contribution in [0.5, 0.6) is 0 Å². The fourth-order valence-corrected chi connectivity index (χ4v) is 2.85. The van der Waals surface area contributed by atoms with Crippen molar-refractivity contribution in [1.82, 2.24) is 0 Å². The fraction of sp³-hybridized carbons (Fsp3) is 0.158. The molecule has 0 bridgehead atoms. The normalized spacial score (nSPS) is 12.9. The molecule has 0 aliphatic carbocycles. The molecule has 0 aromatic heterocycles. The fourth-order valence-electron chi connectivity index (χ4n) is 2.85. The smallest absolute Gasteiger partial charge is 0.269 e. The van der Waals surface area contributed by atoms with Crippen molar-refractivity contribution < 1.29 is 14.5 Å². The second-order valence-corrected chi connectivity index (χ2v) is 5.94. The van der Waals surface area contributed by atoms with Gasteiger partial charge in [-0.1, -0.05) is 6.07 Å². The Labute approximate surface area is 150 Å². The molecule has 0 saturated heterocycles. The summed E-state index contributed by atoms with van der Waals surface area (Å²) in [7, 11) is 0. The van der Waals surface area contributed by atoms with Gasteiger partial charge in [-0.3, -0.25) is 19.7 Å². The summed E-state index contributed by atoms with van der Waals surface area (Å²) >= 11 is 0. The van der Waals surface area contributed by atoms with Gasteiger partial charge in [-0.05, 0) is 47.9 Å². The molecular weight excluding hydrogens is 334 g/mol. The van der Waals surface area contributed by atoms with Crippen molar-refractivity contribution >= 4 is 35.0 Å². The third kappa shape index (κ3) is 3.77. The summed E-state index contributed by atoms with van der Waals surface area (Å²) in [6, 6.07) is 11.4. The zero-order chi connectivity index (χ0) is 18.7. The van der Waals surface area contributed by atoms with Crippen LogP contribution in [0.3, 0.4) is 0 Å². The van der Waals surface area contributed by atoms with Crippen molar-refractivity contribution in [2.24, 2.45) is 0 Å². The molecule has 3 rings (SSSR count). The highest BCUT2D eigenvalue weighted by Gasteiger charge is 2.22. The van der Waals surface area contributed by atoms with Crippen LogP contribution < -0.4 is 10.2 Å². The average molecular weight is 351 g/mol. The van der Waals surface area contributed by atoms with Gasteiger partial charge >= 0.3 is 0 Å². The summed E-state index contributed by atoms with van der Waals surface area (Å²) in [4.78, 5) is 35.6. The number of hydrogen-bond acceptors (Lipinski definition) is 4. The molecule has 26 heavy (non-hydrogen) atoms. The van der Waals surface area contributed by atoms with Crippen molar-refractivity contribution in [2.75, 3.05) is 16.8 Å². The van der Waals surface area contributed by atoms with Gasteiger partial charge in [0.15, 0.2) is 0 Å². The number of hydrogen-bond donors (Lipinski definition) is 1. The van der Waals surface area contributed by atoms with Crippen molar-refractivity contribution in [2.45, 2.75) is 13.3 Å². The highest BCUT2D eigenvalue weighted by molar-refractivity contribution is 6.03. The first-order valence-corrected chi connectivity index (χ1v) is 8.08. The van der Waals surface area contributed by atoms with E-state index in [4.69, 9.17) is 0 Å². The van der Waals surface area contributed by atoms with Crippen LogP contribution in [0.15, 0.2) is 48.5 Å². The number of non-ortho nitro benzene ring substituents is 1. The second-order valence-electron chi connectivity index (χ2n) is 5.94. The first-order chi connectivity index (χ1) is 12.4. The lowest BCUT2D eigenvalue weighted by atomic mass is 10.1. The van der Waals surface area contributed by atoms with Crippen molar-refractivity contribution in [1.29, 1.82) is 0 Å². The Hall–Kier alpha value is -3.48. The summed E-state index contributed by atoms with van der Waals surface area (Å²) in [6.07, 6.45) is 3.74. The van der Waals surface area contributed by atoms with Crippen molar-refractivity contribution in [3.8, 4) is 0 Å². The van der Waals surface area contributed by atoms with Gasteiger partial charge in [0.05, 0.1) is 4.92 Å². The summed E-state index contributed by atoms with van der Waals surface area (Å²) in [5.74, 6) is -0.346. The number of nitro benzene ring substituents is 1. The Bertz CT molecular complexity index is 904. The van der Waals surface area contributed by atoms with Crippen LogP contribution >= 0.6 is 0 Å². The molecule has 0 spiro atoms. The van der Waals surface area contributed by atoms with Crippen LogP contribution in [0.4, 0.5) is 17.1 Å². The Morgan fingerprint density at radius 2 is 1.92 bits per heavy atom. The molecule has 1 N–H and O–H groups in total. The van der Waals surface area contributed by atoms with E-state index in [1.807, 2.05) is 6.07 Å². The zero-order valence-electron chi connectivity index (χ0n) is 14.1. The Morgan fingerprint density at radius 3 is 2.58 bits per heavy atom.